The van der Waals surface area contributed by atoms with Crippen molar-refractivity contribution < 1.29 is 14.3 Å². The summed E-state index contributed by atoms with van der Waals surface area (Å²) >= 11 is 0. The highest BCUT2D eigenvalue weighted by atomic mass is 19.1. The van der Waals surface area contributed by atoms with Gasteiger partial charge in [0.1, 0.15) is 5.82 Å². The van der Waals surface area contributed by atoms with Crippen LogP contribution < -0.4 is 5.32 Å². The Hall–Kier alpha value is -1.46. The fourth-order valence-electron chi connectivity index (χ4n) is 3.36. The normalized spacial score (nSPS) is 21.5. The zero-order chi connectivity index (χ0) is 17.7. The summed E-state index contributed by atoms with van der Waals surface area (Å²) in [6, 6.07) is 6.18. The molecule has 1 saturated heterocycles. The van der Waals surface area contributed by atoms with E-state index in [4.69, 9.17) is 0 Å². The maximum Gasteiger partial charge on any atom is 0.234 e. The van der Waals surface area contributed by atoms with E-state index in [1.165, 1.54) is 12.1 Å². The third kappa shape index (κ3) is 5.28. The molecule has 1 aliphatic heterocycles. The van der Waals surface area contributed by atoms with Gasteiger partial charge in [-0.15, -0.1) is 0 Å². The first-order valence-corrected chi connectivity index (χ1v) is 8.82. The van der Waals surface area contributed by atoms with E-state index in [-0.39, 0.29) is 35.7 Å². The molecule has 5 heteroatoms. The van der Waals surface area contributed by atoms with Crippen LogP contribution in [0.15, 0.2) is 24.3 Å². The van der Waals surface area contributed by atoms with Gasteiger partial charge in [-0.2, -0.15) is 0 Å². The Labute approximate surface area is 144 Å². The Balaban J connectivity index is 1.94. The second-order valence-electron chi connectivity index (χ2n) is 7.22. The summed E-state index contributed by atoms with van der Waals surface area (Å²) in [4.78, 5) is 14.6. The van der Waals surface area contributed by atoms with Crippen LogP contribution in [0.25, 0.3) is 0 Å². The van der Waals surface area contributed by atoms with Gasteiger partial charge in [0.15, 0.2) is 0 Å². The van der Waals surface area contributed by atoms with Crippen LogP contribution in [-0.2, 0) is 4.79 Å². The summed E-state index contributed by atoms with van der Waals surface area (Å²) < 4.78 is 13.1. The van der Waals surface area contributed by atoms with Gasteiger partial charge >= 0.3 is 0 Å². The smallest absolute Gasteiger partial charge is 0.234 e. The van der Waals surface area contributed by atoms with Crippen molar-refractivity contribution in [3.8, 4) is 0 Å². The standard InChI is InChI=1S/C19H29FN2O2/c1-13(2)19(15-6-8-17(20)9-7-15)21-18(24)12-22-10-4-5-16(11-22)14(3)23/h6-9,13-14,16,19,23H,4-5,10-12H2,1-3H3,(H,21,24). The molecular formula is C19H29FN2O2. The monoisotopic (exact) mass is 336 g/mol. The molecule has 1 aromatic carbocycles. The van der Waals surface area contributed by atoms with Crippen LogP contribution >= 0.6 is 0 Å². The molecule has 0 bridgehead atoms. The zero-order valence-electron chi connectivity index (χ0n) is 14.8. The molecule has 0 spiro atoms. The Morgan fingerprint density at radius 1 is 1.33 bits per heavy atom. The van der Waals surface area contributed by atoms with E-state index in [2.05, 4.69) is 10.2 Å². The number of hydrogen-bond donors (Lipinski definition) is 2. The minimum absolute atomic E-state index is 0.0238. The highest BCUT2D eigenvalue weighted by molar-refractivity contribution is 5.78. The van der Waals surface area contributed by atoms with Crippen LogP contribution in [0.1, 0.15) is 45.2 Å². The number of nitrogens with zero attached hydrogens (tertiary/aromatic N) is 1. The number of aliphatic hydroxyl groups is 1. The molecular weight excluding hydrogens is 307 g/mol. The molecule has 4 nitrogen and oxygen atoms in total. The van der Waals surface area contributed by atoms with Crippen molar-refractivity contribution in [3.63, 3.8) is 0 Å². The quantitative estimate of drug-likeness (QED) is 0.840. The number of benzene rings is 1. The second kappa shape index (κ2) is 8.58. The van der Waals surface area contributed by atoms with E-state index in [9.17, 15) is 14.3 Å². The number of rotatable bonds is 6. The predicted molar refractivity (Wildman–Crippen MR) is 93.0 cm³/mol. The number of likely N-dealkylation sites (tertiary alicyclic amines) is 1. The average Bonchev–Trinajstić information content (AvgIpc) is 2.53. The topological polar surface area (TPSA) is 52.6 Å². The van der Waals surface area contributed by atoms with Gasteiger partial charge in [-0.05, 0) is 55.8 Å². The third-order valence-corrected chi connectivity index (χ3v) is 4.80. The fourth-order valence-corrected chi connectivity index (χ4v) is 3.36. The van der Waals surface area contributed by atoms with Gasteiger partial charge in [-0.3, -0.25) is 9.69 Å². The molecule has 1 aliphatic rings. The van der Waals surface area contributed by atoms with Crippen LogP contribution in [0.4, 0.5) is 4.39 Å². The Morgan fingerprint density at radius 2 is 2.00 bits per heavy atom. The molecule has 24 heavy (non-hydrogen) atoms. The van der Waals surface area contributed by atoms with Crippen molar-refractivity contribution in [2.24, 2.45) is 11.8 Å². The summed E-state index contributed by atoms with van der Waals surface area (Å²) in [6.45, 7) is 7.88. The number of carbonyl (C=O) groups excluding carboxylic acids is 1. The summed E-state index contributed by atoms with van der Waals surface area (Å²) in [5, 5.41) is 12.8. The van der Waals surface area contributed by atoms with Crippen molar-refractivity contribution in [2.45, 2.75) is 45.8 Å². The maximum atomic E-state index is 13.1. The molecule has 2 rings (SSSR count). The van der Waals surface area contributed by atoms with Gasteiger partial charge in [0.05, 0.1) is 18.7 Å². The van der Waals surface area contributed by atoms with Crippen LogP contribution in [0.3, 0.4) is 0 Å². The molecule has 1 heterocycles. The Kier molecular flexibility index (Phi) is 6.75. The van der Waals surface area contributed by atoms with Gasteiger partial charge in [-0.25, -0.2) is 4.39 Å². The van der Waals surface area contributed by atoms with Gasteiger partial charge < -0.3 is 10.4 Å². The molecule has 3 unspecified atom stereocenters. The molecule has 1 aromatic rings. The van der Waals surface area contributed by atoms with Crippen LogP contribution in [0, 0.1) is 17.7 Å². The summed E-state index contributed by atoms with van der Waals surface area (Å²) in [7, 11) is 0. The summed E-state index contributed by atoms with van der Waals surface area (Å²) in [5.41, 5.74) is 0.917. The van der Waals surface area contributed by atoms with Crippen LogP contribution in [0.2, 0.25) is 0 Å². The average molecular weight is 336 g/mol. The lowest BCUT2D eigenvalue weighted by molar-refractivity contribution is -0.124. The van der Waals surface area contributed by atoms with Crippen molar-refractivity contribution in [1.82, 2.24) is 10.2 Å². The van der Waals surface area contributed by atoms with E-state index in [0.29, 0.717) is 6.54 Å². The summed E-state index contributed by atoms with van der Waals surface area (Å²) in [6.07, 6.45) is 1.69. The molecule has 1 amide bonds. The van der Waals surface area contributed by atoms with Crippen molar-refractivity contribution in [2.75, 3.05) is 19.6 Å². The van der Waals surface area contributed by atoms with Crippen molar-refractivity contribution >= 4 is 5.91 Å². The number of hydrogen-bond acceptors (Lipinski definition) is 3. The molecule has 3 atom stereocenters. The highest BCUT2D eigenvalue weighted by Gasteiger charge is 2.26. The first kappa shape index (κ1) is 18.9. The summed E-state index contributed by atoms with van der Waals surface area (Å²) in [5.74, 6) is 0.157. The second-order valence-corrected chi connectivity index (χ2v) is 7.22. The lowest BCUT2D eigenvalue weighted by atomic mass is 9.93. The van der Waals surface area contributed by atoms with Gasteiger partial charge in [0.25, 0.3) is 0 Å². The van der Waals surface area contributed by atoms with Crippen molar-refractivity contribution in [3.05, 3.63) is 35.6 Å². The van der Waals surface area contributed by atoms with Crippen LogP contribution in [0.5, 0.6) is 0 Å². The fraction of sp³-hybridized carbons (Fsp3) is 0.632. The van der Waals surface area contributed by atoms with E-state index in [1.807, 2.05) is 20.8 Å². The Morgan fingerprint density at radius 3 is 2.58 bits per heavy atom. The van der Waals surface area contributed by atoms with Gasteiger partial charge in [-0.1, -0.05) is 26.0 Å². The van der Waals surface area contributed by atoms with Gasteiger partial charge in [0, 0.05) is 6.54 Å². The van der Waals surface area contributed by atoms with E-state index in [0.717, 1.165) is 31.5 Å². The highest BCUT2D eigenvalue weighted by Crippen LogP contribution is 2.23. The molecule has 0 aromatic heterocycles. The molecule has 0 aliphatic carbocycles. The number of piperidine rings is 1. The Bertz CT molecular complexity index is 531. The first-order valence-electron chi connectivity index (χ1n) is 8.82. The minimum Gasteiger partial charge on any atom is -0.393 e. The SMILES string of the molecule is CC(C)C(NC(=O)CN1CCCC(C(C)O)C1)c1ccc(F)cc1. The molecule has 1 fully saturated rings. The van der Waals surface area contributed by atoms with E-state index >= 15 is 0 Å². The van der Waals surface area contributed by atoms with E-state index in [1.54, 1.807) is 12.1 Å². The third-order valence-electron chi connectivity index (χ3n) is 4.80. The molecule has 0 saturated carbocycles. The molecule has 2 N–H and O–H groups in total. The van der Waals surface area contributed by atoms with Crippen LogP contribution in [-0.4, -0.2) is 41.7 Å². The number of carbonyl (C=O) groups is 1. The van der Waals surface area contributed by atoms with Crippen molar-refractivity contribution in [1.29, 1.82) is 0 Å². The number of aliphatic hydroxyl groups excluding tert-OH is 1. The number of nitrogens with one attached hydrogen (secondary N) is 1. The number of amides is 1. The zero-order valence-corrected chi connectivity index (χ0v) is 14.8. The number of halogens is 1. The van der Waals surface area contributed by atoms with E-state index < -0.39 is 0 Å². The lowest BCUT2D eigenvalue weighted by Crippen LogP contribution is -2.45. The maximum absolute atomic E-state index is 13.1. The lowest BCUT2D eigenvalue weighted by Gasteiger charge is -2.34. The molecule has 134 valence electrons. The predicted octanol–water partition coefficient (Wildman–Crippen LogP) is 2.73. The van der Waals surface area contributed by atoms with Gasteiger partial charge in [0.2, 0.25) is 5.91 Å². The minimum atomic E-state index is -0.335. The largest absolute Gasteiger partial charge is 0.393 e. The first-order chi connectivity index (χ1) is 11.4. The molecule has 0 radical (unpaired) electrons.